The van der Waals surface area contributed by atoms with E-state index in [4.69, 9.17) is 51.7 Å². The van der Waals surface area contributed by atoms with E-state index in [0.717, 1.165) is 40.9 Å². The molecule has 1 saturated heterocycles. The summed E-state index contributed by atoms with van der Waals surface area (Å²) in [6.45, 7) is 1.84. The zero-order chi connectivity index (χ0) is 24.7. The molecule has 2 heterocycles. The maximum atomic E-state index is 12.2. The van der Waals surface area contributed by atoms with Crippen molar-refractivity contribution in [3.05, 3.63) is 85.2 Å². The fourth-order valence-corrected chi connectivity index (χ4v) is 7.39. The maximum absolute atomic E-state index is 12.2. The summed E-state index contributed by atoms with van der Waals surface area (Å²) in [6, 6.07) is 14.9. The molecular weight excluding hydrogens is 556 g/mol. The summed E-state index contributed by atoms with van der Waals surface area (Å²) in [5, 5.41) is 13.6. The number of sulfonamides is 1. The first kappa shape index (κ1) is 27.2. The number of thioether (sulfide) groups is 1. The second-order valence-electron chi connectivity index (χ2n) is 7.37. The number of hydrogen-bond acceptors (Lipinski definition) is 5. The molecule has 1 unspecified atom stereocenters. The number of halogens is 4. The predicted octanol–water partition coefficient (Wildman–Crippen LogP) is 7.16. The number of nitrogens with one attached hydrogen (secondary N) is 1. The summed E-state index contributed by atoms with van der Waals surface area (Å²) in [5.41, 5.74) is 2.35. The van der Waals surface area contributed by atoms with Gasteiger partial charge in [0.2, 0.25) is 10.0 Å². The molecule has 5 nitrogen and oxygen atoms in total. The maximum Gasteiger partial charge on any atom is 0.230 e. The topological polar surface area (TPSA) is 73.2 Å². The molecule has 1 atom stereocenters. The molecule has 0 bridgehead atoms. The average Bonchev–Trinajstić information content (AvgIpc) is 3.37. The summed E-state index contributed by atoms with van der Waals surface area (Å²) in [5.74, 6) is 0. The quantitative estimate of drug-likeness (QED) is 0.408. The van der Waals surface area contributed by atoms with Gasteiger partial charge in [0, 0.05) is 30.3 Å². The van der Waals surface area contributed by atoms with Gasteiger partial charge in [-0.15, -0.1) is 0 Å². The fourth-order valence-electron chi connectivity index (χ4n) is 3.23. The molecular formula is C23H21Cl4N3O2S2. The number of hydrogen-bond donors (Lipinski definition) is 1. The van der Waals surface area contributed by atoms with Crippen molar-refractivity contribution < 1.29 is 8.42 Å². The van der Waals surface area contributed by atoms with Crippen LogP contribution in [-0.4, -0.2) is 30.4 Å². The van der Waals surface area contributed by atoms with Gasteiger partial charge in [-0.25, -0.2) is 12.7 Å². The van der Waals surface area contributed by atoms with Crippen LogP contribution in [0.15, 0.2) is 64.0 Å². The van der Waals surface area contributed by atoms with Crippen molar-refractivity contribution in [3.63, 3.8) is 0 Å². The molecule has 0 spiro atoms. The third kappa shape index (κ3) is 7.08. The van der Waals surface area contributed by atoms with Crippen LogP contribution in [0, 0.1) is 11.3 Å². The lowest BCUT2D eigenvalue weighted by Crippen LogP contribution is -2.34. The molecule has 1 fully saturated rings. The normalized spacial score (nSPS) is 18.3. The van der Waals surface area contributed by atoms with Gasteiger partial charge in [0.25, 0.3) is 0 Å². The van der Waals surface area contributed by atoms with Crippen molar-refractivity contribution in [2.45, 2.75) is 24.0 Å². The van der Waals surface area contributed by atoms with E-state index in [9.17, 15) is 8.42 Å². The van der Waals surface area contributed by atoms with Gasteiger partial charge in [0.1, 0.15) is 10.7 Å². The molecule has 0 radical (unpaired) electrons. The van der Waals surface area contributed by atoms with Gasteiger partial charge < -0.3 is 5.32 Å². The van der Waals surface area contributed by atoms with E-state index in [-0.39, 0.29) is 0 Å². The Hall–Kier alpha value is -1.37. The Morgan fingerprint density at radius 1 is 1.06 bits per heavy atom. The van der Waals surface area contributed by atoms with E-state index < -0.39 is 14.6 Å². The van der Waals surface area contributed by atoms with Crippen molar-refractivity contribution in [1.29, 1.82) is 5.26 Å². The standard InChI is InChI=1S/C14H10Cl2N2.C9H11Cl2NO2S2/c15-13-4-2-1-3-11(13)9-18-12-6-5-10(8-17)14(16)7-12;10-7-3-4-8(15-9(7)11)16(13,14)12-5-1-2-6-12/h1-7,18H,9H2;3-4,8H,1-2,5-6H2. The summed E-state index contributed by atoms with van der Waals surface area (Å²) in [6.07, 6.45) is 5.01. The lowest BCUT2D eigenvalue weighted by molar-refractivity contribution is 0.478. The Kier molecular flexibility index (Phi) is 10.0. The molecule has 2 aliphatic heterocycles. The number of benzene rings is 2. The first-order valence-electron chi connectivity index (χ1n) is 10.3. The SMILES string of the molecule is N#Cc1ccc(NCc2ccccc2Cl)cc1Cl.O=S(=O)(C1C=CC(Cl)=C(Cl)S1)N1CCCC1. The van der Waals surface area contributed by atoms with Crippen LogP contribution in [-0.2, 0) is 16.6 Å². The molecule has 0 amide bonds. The van der Waals surface area contributed by atoms with Gasteiger partial charge in [0.15, 0.2) is 0 Å². The van der Waals surface area contributed by atoms with Gasteiger partial charge in [-0.05, 0) is 48.7 Å². The van der Waals surface area contributed by atoms with E-state index in [0.29, 0.717) is 39.6 Å². The van der Waals surface area contributed by atoms with Crippen molar-refractivity contribution in [2.75, 3.05) is 18.4 Å². The lowest BCUT2D eigenvalue weighted by Gasteiger charge is -2.22. The minimum atomic E-state index is -3.29. The first-order chi connectivity index (χ1) is 16.2. The zero-order valence-electron chi connectivity index (χ0n) is 17.8. The van der Waals surface area contributed by atoms with Crippen molar-refractivity contribution in [2.24, 2.45) is 0 Å². The van der Waals surface area contributed by atoms with Crippen molar-refractivity contribution >= 4 is 73.9 Å². The molecule has 4 rings (SSSR count). The van der Waals surface area contributed by atoms with E-state index in [2.05, 4.69) is 5.32 Å². The van der Waals surface area contributed by atoms with Crippen LogP contribution in [0.1, 0.15) is 24.0 Å². The first-order valence-corrected chi connectivity index (χ1v) is 14.2. The Morgan fingerprint density at radius 2 is 1.76 bits per heavy atom. The van der Waals surface area contributed by atoms with E-state index in [1.807, 2.05) is 36.4 Å². The summed E-state index contributed by atoms with van der Waals surface area (Å²) >= 11 is 24.7. The van der Waals surface area contributed by atoms with Crippen LogP contribution in [0.3, 0.4) is 0 Å². The third-order valence-electron chi connectivity index (χ3n) is 5.06. The summed E-state index contributed by atoms with van der Waals surface area (Å²) < 4.78 is 25.6. The average molecular weight is 577 g/mol. The van der Waals surface area contributed by atoms with E-state index in [1.165, 1.54) is 4.31 Å². The van der Waals surface area contributed by atoms with Crippen LogP contribution < -0.4 is 5.32 Å². The number of allylic oxidation sites excluding steroid dienone is 2. The van der Waals surface area contributed by atoms with Gasteiger partial charge in [-0.3, -0.25) is 0 Å². The molecule has 2 aromatic carbocycles. The molecule has 11 heteroatoms. The van der Waals surface area contributed by atoms with Crippen LogP contribution in [0.4, 0.5) is 5.69 Å². The Bertz CT molecular complexity index is 1240. The predicted molar refractivity (Wildman–Crippen MR) is 144 cm³/mol. The van der Waals surface area contributed by atoms with Gasteiger partial charge in [-0.2, -0.15) is 5.26 Å². The minimum absolute atomic E-state index is 0.344. The fraction of sp³-hybridized carbons (Fsp3) is 0.261. The summed E-state index contributed by atoms with van der Waals surface area (Å²) in [4.78, 5) is 0. The van der Waals surface area contributed by atoms with Gasteiger partial charge in [-0.1, -0.05) is 82.4 Å². The molecule has 34 heavy (non-hydrogen) atoms. The number of nitriles is 1. The van der Waals surface area contributed by atoms with Crippen molar-refractivity contribution in [1.82, 2.24) is 4.31 Å². The van der Waals surface area contributed by atoms with Gasteiger partial charge in [0.05, 0.1) is 20.0 Å². The summed E-state index contributed by atoms with van der Waals surface area (Å²) in [7, 11) is -3.29. The van der Waals surface area contributed by atoms with Crippen LogP contribution >= 0.6 is 58.2 Å². The highest BCUT2D eigenvalue weighted by molar-refractivity contribution is 8.16. The Morgan fingerprint density at radius 3 is 2.38 bits per heavy atom. The molecule has 0 saturated carbocycles. The largest absolute Gasteiger partial charge is 0.381 e. The monoisotopic (exact) mass is 575 g/mol. The highest BCUT2D eigenvalue weighted by Crippen LogP contribution is 2.39. The number of nitrogens with zero attached hydrogens (tertiary/aromatic N) is 2. The van der Waals surface area contributed by atoms with Crippen LogP contribution in [0.25, 0.3) is 0 Å². The third-order valence-corrected chi connectivity index (χ3v) is 10.4. The smallest absolute Gasteiger partial charge is 0.230 e. The highest BCUT2D eigenvalue weighted by atomic mass is 35.5. The van der Waals surface area contributed by atoms with E-state index >= 15 is 0 Å². The molecule has 0 aromatic heterocycles. The Labute approximate surface area is 224 Å². The van der Waals surface area contributed by atoms with Crippen LogP contribution in [0.2, 0.25) is 10.0 Å². The zero-order valence-corrected chi connectivity index (χ0v) is 22.5. The Balaban J connectivity index is 0.000000192. The van der Waals surface area contributed by atoms with Crippen molar-refractivity contribution in [3.8, 4) is 6.07 Å². The lowest BCUT2D eigenvalue weighted by atomic mass is 10.2. The minimum Gasteiger partial charge on any atom is -0.381 e. The number of anilines is 1. The number of rotatable bonds is 5. The van der Waals surface area contributed by atoms with Crippen LogP contribution in [0.5, 0.6) is 0 Å². The second-order valence-corrected chi connectivity index (χ2v) is 12.7. The second kappa shape index (κ2) is 12.5. The van der Waals surface area contributed by atoms with E-state index in [1.54, 1.807) is 24.3 Å². The molecule has 180 valence electrons. The van der Waals surface area contributed by atoms with Gasteiger partial charge >= 0.3 is 0 Å². The molecule has 0 aliphatic carbocycles. The molecule has 2 aliphatic rings. The highest BCUT2D eigenvalue weighted by Gasteiger charge is 2.34. The molecule has 2 aromatic rings. The molecule has 1 N–H and O–H groups in total.